The largest absolute Gasteiger partial charge is 0.498 e. The van der Waals surface area contributed by atoms with E-state index in [0.29, 0.717) is 6.42 Å². The van der Waals surface area contributed by atoms with Crippen LogP contribution in [0.2, 0.25) is 0 Å². The summed E-state index contributed by atoms with van der Waals surface area (Å²) in [4.78, 5) is 22.4. The average molecular weight is 766 g/mol. The van der Waals surface area contributed by atoms with Gasteiger partial charge in [-0.2, -0.15) is 0 Å². The number of carbonyl (C=O) groups excluding carboxylic acids is 1. The molecule has 0 spiro atoms. The highest BCUT2D eigenvalue weighted by Gasteiger charge is 2.25. The van der Waals surface area contributed by atoms with Gasteiger partial charge in [-0.05, 0) is 96.0 Å². The Labute approximate surface area is 323 Å². The van der Waals surface area contributed by atoms with E-state index in [2.05, 4.69) is 67.7 Å². The topological polar surface area (TPSA) is 138 Å². The Hall–Kier alpha value is -2.26. The van der Waals surface area contributed by atoms with E-state index in [-0.39, 0.29) is 39.4 Å². The van der Waals surface area contributed by atoms with Gasteiger partial charge < -0.3 is 25.2 Å². The Morgan fingerprint density at radius 3 is 1.64 bits per heavy atom. The smallest absolute Gasteiger partial charge is 0.472 e. The molecule has 0 aliphatic rings. The minimum atomic E-state index is -4.32. The molecule has 4 N–H and O–H groups in total. The fraction of sp³-hybridized carbons (Fsp3) is 0.698. The number of unbranched alkanes of at least 4 members (excludes halogenated alkanes) is 15. The van der Waals surface area contributed by atoms with Crippen LogP contribution in [0.1, 0.15) is 155 Å². The number of esters is 1. The van der Waals surface area contributed by atoms with Gasteiger partial charge in [0, 0.05) is 19.6 Å². The van der Waals surface area contributed by atoms with Gasteiger partial charge in [0.1, 0.15) is 6.61 Å². The Kier molecular flexibility index (Phi) is 39.2. The summed E-state index contributed by atoms with van der Waals surface area (Å²) in [5.41, 5.74) is 5.35. The van der Waals surface area contributed by atoms with Crippen molar-refractivity contribution in [3.05, 3.63) is 73.1 Å². The lowest BCUT2D eigenvalue weighted by Gasteiger charge is -2.19. The highest BCUT2D eigenvalue weighted by Crippen LogP contribution is 2.43. The summed E-state index contributed by atoms with van der Waals surface area (Å²) >= 11 is 0. The predicted octanol–water partition coefficient (Wildman–Crippen LogP) is 11.3. The maximum atomic E-state index is 12.5. The number of aliphatic hydroxyl groups excluding tert-OH is 1. The molecule has 2 atom stereocenters. The number of nitrogens with two attached hydrogens (primary N) is 1. The van der Waals surface area contributed by atoms with Crippen molar-refractivity contribution in [1.82, 2.24) is 0 Å². The quantitative estimate of drug-likeness (QED) is 0.0183. The Bertz CT molecular complexity index is 1040. The summed E-state index contributed by atoms with van der Waals surface area (Å²) in [5, 5.41) is 8.79. The molecule has 0 rings (SSSR count). The van der Waals surface area contributed by atoms with Crippen molar-refractivity contribution < 1.29 is 37.9 Å². The van der Waals surface area contributed by atoms with Crippen molar-refractivity contribution in [1.29, 1.82) is 0 Å². The van der Waals surface area contributed by atoms with Crippen molar-refractivity contribution in [2.24, 2.45) is 5.73 Å². The maximum Gasteiger partial charge on any atom is 0.472 e. The highest BCUT2D eigenvalue weighted by molar-refractivity contribution is 7.47. The highest BCUT2D eigenvalue weighted by atomic mass is 31.2. The molecule has 53 heavy (non-hydrogen) atoms. The summed E-state index contributed by atoms with van der Waals surface area (Å²) < 4.78 is 33.0. The number of rotatable bonds is 39. The molecular formula is C43H76NO8P. The van der Waals surface area contributed by atoms with E-state index in [1.54, 1.807) is 6.26 Å². The number of phosphoric acid groups is 1. The van der Waals surface area contributed by atoms with Crippen LogP contribution in [0.3, 0.4) is 0 Å². The van der Waals surface area contributed by atoms with Crippen LogP contribution in [0, 0.1) is 0 Å². The third kappa shape index (κ3) is 40.8. The average Bonchev–Trinajstić information content (AvgIpc) is 3.15. The van der Waals surface area contributed by atoms with E-state index in [1.807, 2.05) is 6.08 Å². The zero-order chi connectivity index (χ0) is 38.8. The minimum Gasteiger partial charge on any atom is -0.498 e. The number of ether oxygens (including phenoxy) is 2. The van der Waals surface area contributed by atoms with Crippen LogP contribution in [0.15, 0.2) is 73.1 Å². The van der Waals surface area contributed by atoms with E-state index in [9.17, 15) is 14.3 Å². The fourth-order valence-corrected chi connectivity index (χ4v) is 5.93. The number of aliphatic hydroxyl groups is 1. The molecule has 0 fully saturated rings. The molecule has 1 unspecified atom stereocenters. The Morgan fingerprint density at radius 2 is 1.09 bits per heavy atom. The van der Waals surface area contributed by atoms with Crippen LogP contribution in [0.5, 0.6) is 0 Å². The lowest BCUT2D eigenvalue weighted by molar-refractivity contribution is -0.153. The van der Waals surface area contributed by atoms with Gasteiger partial charge in [-0.25, -0.2) is 4.57 Å². The second kappa shape index (κ2) is 40.9. The molecule has 9 nitrogen and oxygen atoms in total. The number of phosphoric ester groups is 1. The van der Waals surface area contributed by atoms with Gasteiger partial charge in [0.05, 0.1) is 19.5 Å². The van der Waals surface area contributed by atoms with Gasteiger partial charge in [0.2, 0.25) is 0 Å². The van der Waals surface area contributed by atoms with Gasteiger partial charge in [0.15, 0.2) is 6.10 Å². The van der Waals surface area contributed by atoms with Crippen LogP contribution in [-0.2, 0) is 27.9 Å². The van der Waals surface area contributed by atoms with Gasteiger partial charge in [0.25, 0.3) is 0 Å². The van der Waals surface area contributed by atoms with Crippen molar-refractivity contribution >= 4 is 13.8 Å². The maximum absolute atomic E-state index is 12.5. The van der Waals surface area contributed by atoms with E-state index in [4.69, 9.17) is 29.4 Å². The van der Waals surface area contributed by atoms with Gasteiger partial charge in [-0.3, -0.25) is 13.8 Å². The van der Waals surface area contributed by atoms with Crippen LogP contribution in [-0.4, -0.2) is 55.0 Å². The second-order valence-electron chi connectivity index (χ2n) is 13.3. The van der Waals surface area contributed by atoms with E-state index < -0.39 is 19.9 Å². The van der Waals surface area contributed by atoms with Crippen molar-refractivity contribution in [2.75, 3.05) is 33.0 Å². The first-order chi connectivity index (χ1) is 25.9. The summed E-state index contributed by atoms with van der Waals surface area (Å²) in [6.07, 6.45) is 48.8. The zero-order valence-electron chi connectivity index (χ0n) is 33.2. The van der Waals surface area contributed by atoms with Crippen LogP contribution in [0.4, 0.5) is 0 Å². The monoisotopic (exact) mass is 766 g/mol. The van der Waals surface area contributed by atoms with Crippen LogP contribution < -0.4 is 5.73 Å². The van der Waals surface area contributed by atoms with E-state index >= 15 is 0 Å². The second-order valence-corrected chi connectivity index (χ2v) is 14.7. The van der Waals surface area contributed by atoms with Gasteiger partial charge in [-0.1, -0.05) is 119 Å². The van der Waals surface area contributed by atoms with Crippen molar-refractivity contribution in [3.8, 4) is 0 Å². The lowest BCUT2D eigenvalue weighted by Crippen LogP contribution is -2.27. The third-order valence-electron chi connectivity index (χ3n) is 8.21. The zero-order valence-corrected chi connectivity index (χ0v) is 34.1. The SMILES string of the molecule is CCCCCCCC/C=C\CCCCCC/C=C/OC[C@H](COP(=O)(O)OCCN)OC(=O)CCC/C=C\C/C=C\C/C=C\C/C=C\CCCCCO. The number of hydrogen-bond donors (Lipinski definition) is 3. The summed E-state index contributed by atoms with van der Waals surface area (Å²) in [7, 11) is -4.32. The lowest BCUT2D eigenvalue weighted by atomic mass is 10.1. The molecule has 306 valence electrons. The van der Waals surface area contributed by atoms with Gasteiger partial charge in [-0.15, -0.1) is 0 Å². The fourth-order valence-electron chi connectivity index (χ4n) is 5.16. The normalized spacial score (nSPS) is 14.2. The standard InChI is InChI=1S/C43H76NO8P/c1-2-3-4-5-6-7-8-9-10-16-19-22-25-28-31-34-38-49-40-42(41-51-53(47,48)50-39-36-44)52-43(46)35-32-29-26-23-20-17-14-12-11-13-15-18-21-24-27-30-33-37-45/h9-11,13-14,17-18,21,23,26,34,38,42,45H,2-8,12,15-16,19-20,22,24-25,27-33,35-37,39-41,44H2,1H3,(H,47,48)/b10-9-,13-11-,17-14-,21-18-,26-23-,38-34+/t42-/m1/s1. The number of allylic oxidation sites excluding steroid dienone is 11. The summed E-state index contributed by atoms with van der Waals surface area (Å²) in [6, 6.07) is 0. The van der Waals surface area contributed by atoms with Crippen LogP contribution >= 0.6 is 7.82 Å². The molecule has 0 amide bonds. The van der Waals surface area contributed by atoms with Gasteiger partial charge >= 0.3 is 13.8 Å². The van der Waals surface area contributed by atoms with E-state index in [0.717, 1.165) is 77.0 Å². The molecule has 10 heteroatoms. The van der Waals surface area contributed by atoms with Crippen molar-refractivity contribution in [2.45, 2.75) is 161 Å². The molecule has 0 aromatic heterocycles. The molecule has 0 heterocycles. The number of carbonyl (C=O) groups is 1. The molecule has 0 aliphatic carbocycles. The first-order valence-electron chi connectivity index (χ1n) is 20.6. The summed E-state index contributed by atoms with van der Waals surface area (Å²) in [5.74, 6) is -0.421. The molecule has 0 aromatic carbocycles. The molecule has 0 bridgehead atoms. The number of hydrogen-bond acceptors (Lipinski definition) is 8. The first-order valence-corrected chi connectivity index (χ1v) is 22.1. The first kappa shape index (κ1) is 50.7. The third-order valence-corrected chi connectivity index (χ3v) is 9.20. The molecule has 0 aliphatic heterocycles. The van der Waals surface area contributed by atoms with Crippen LogP contribution in [0.25, 0.3) is 0 Å². The van der Waals surface area contributed by atoms with Crippen molar-refractivity contribution in [3.63, 3.8) is 0 Å². The molecule has 0 saturated heterocycles. The Balaban J connectivity index is 4.25. The predicted molar refractivity (Wildman–Crippen MR) is 220 cm³/mol. The Morgan fingerprint density at radius 1 is 0.623 bits per heavy atom. The van der Waals surface area contributed by atoms with E-state index in [1.165, 1.54) is 57.8 Å². The summed E-state index contributed by atoms with van der Waals surface area (Å²) in [6.45, 7) is 2.14. The molecule has 0 aromatic rings. The molecular weight excluding hydrogens is 689 g/mol. The minimum absolute atomic E-state index is 0.00550. The molecule has 0 radical (unpaired) electrons. The molecule has 0 saturated carbocycles.